The van der Waals surface area contributed by atoms with Gasteiger partial charge in [-0.25, -0.2) is 0 Å². The van der Waals surface area contributed by atoms with Crippen molar-refractivity contribution in [3.63, 3.8) is 0 Å². The fraction of sp³-hybridized carbons (Fsp3) is 0.800. The zero-order valence-electron chi connectivity index (χ0n) is 7.74. The third-order valence-electron chi connectivity index (χ3n) is 3.40. The summed E-state index contributed by atoms with van der Waals surface area (Å²) in [4.78, 5) is 9.99. The van der Waals surface area contributed by atoms with Gasteiger partial charge in [-0.3, -0.25) is 10.1 Å². The maximum atomic E-state index is 10.3. The minimum absolute atomic E-state index is 0.299. The Morgan fingerprint density at radius 3 is 2.23 bits per heavy atom. The first-order chi connectivity index (χ1) is 6.25. The summed E-state index contributed by atoms with van der Waals surface area (Å²) < 4.78 is 0. The van der Waals surface area contributed by atoms with Crippen molar-refractivity contribution >= 4 is 0 Å². The van der Waals surface area contributed by atoms with E-state index in [1.165, 1.54) is 31.9 Å². The van der Waals surface area contributed by atoms with E-state index in [1.807, 2.05) is 0 Å². The van der Waals surface area contributed by atoms with Crippen LogP contribution in [0.1, 0.15) is 38.5 Å². The molecule has 2 aliphatic rings. The van der Waals surface area contributed by atoms with Crippen molar-refractivity contribution in [3.8, 4) is 0 Å². The molecule has 0 radical (unpaired) electrons. The average Bonchev–Trinajstić information content (AvgIpc) is 2.44. The SMILES string of the molecule is O=[N+]([O-])C=C1C[C@H]2CCCC[C@H]2C1. The van der Waals surface area contributed by atoms with Crippen LogP contribution in [0.3, 0.4) is 0 Å². The summed E-state index contributed by atoms with van der Waals surface area (Å²) in [7, 11) is 0. The number of allylic oxidation sites excluding steroid dienone is 1. The molecule has 0 aliphatic heterocycles. The zero-order valence-corrected chi connectivity index (χ0v) is 7.74. The van der Waals surface area contributed by atoms with Crippen molar-refractivity contribution in [2.75, 3.05) is 0 Å². The van der Waals surface area contributed by atoms with E-state index in [4.69, 9.17) is 0 Å². The van der Waals surface area contributed by atoms with E-state index < -0.39 is 0 Å². The largest absolute Gasteiger partial charge is 0.259 e. The Labute approximate surface area is 78.0 Å². The van der Waals surface area contributed by atoms with Crippen molar-refractivity contribution in [3.05, 3.63) is 21.9 Å². The Balaban J connectivity index is 2.02. The van der Waals surface area contributed by atoms with E-state index in [-0.39, 0.29) is 4.92 Å². The lowest BCUT2D eigenvalue weighted by Crippen LogP contribution is -2.12. The molecule has 3 nitrogen and oxygen atoms in total. The number of nitrogens with zero attached hydrogens (tertiary/aromatic N) is 1. The molecule has 0 spiro atoms. The third kappa shape index (κ3) is 1.90. The van der Waals surface area contributed by atoms with Crippen molar-refractivity contribution in [2.45, 2.75) is 38.5 Å². The molecule has 13 heavy (non-hydrogen) atoms. The molecule has 3 heteroatoms. The minimum atomic E-state index is -0.299. The third-order valence-corrected chi connectivity index (χ3v) is 3.40. The highest BCUT2D eigenvalue weighted by Gasteiger charge is 2.33. The highest BCUT2D eigenvalue weighted by molar-refractivity contribution is 5.08. The van der Waals surface area contributed by atoms with Crippen molar-refractivity contribution < 1.29 is 4.92 Å². The summed E-state index contributed by atoms with van der Waals surface area (Å²) >= 11 is 0. The second-order valence-electron chi connectivity index (χ2n) is 4.29. The molecule has 0 aromatic rings. The van der Waals surface area contributed by atoms with E-state index in [0.717, 1.165) is 30.3 Å². The van der Waals surface area contributed by atoms with Crippen LogP contribution in [-0.2, 0) is 0 Å². The zero-order chi connectivity index (χ0) is 9.26. The normalized spacial score (nSPS) is 36.2. The number of rotatable bonds is 1. The standard InChI is InChI=1S/C10H15NO2/c12-11(13)7-8-5-9-3-1-2-4-10(9)6-8/h7,9-10H,1-6H2/t9-,10+. The summed E-state index contributed by atoms with van der Waals surface area (Å²) in [6.07, 6.45) is 8.45. The summed E-state index contributed by atoms with van der Waals surface area (Å²) in [5, 5.41) is 10.3. The highest BCUT2D eigenvalue weighted by Crippen LogP contribution is 2.44. The van der Waals surface area contributed by atoms with Gasteiger partial charge in [0.25, 0.3) is 0 Å². The molecule has 0 amide bonds. The Bertz CT molecular complexity index is 231. The lowest BCUT2D eigenvalue weighted by molar-refractivity contribution is -0.403. The fourth-order valence-corrected chi connectivity index (χ4v) is 2.83. The first-order valence-corrected chi connectivity index (χ1v) is 5.09. The first-order valence-electron chi connectivity index (χ1n) is 5.09. The van der Waals surface area contributed by atoms with Gasteiger partial charge in [-0.2, -0.15) is 0 Å². The van der Waals surface area contributed by atoms with Gasteiger partial charge in [0.05, 0.1) is 4.92 Å². The van der Waals surface area contributed by atoms with Gasteiger partial charge in [-0.05, 0) is 37.5 Å². The molecule has 2 atom stereocenters. The molecule has 2 rings (SSSR count). The smallest absolute Gasteiger partial charge is 0.233 e. The summed E-state index contributed by atoms with van der Waals surface area (Å²) in [6.45, 7) is 0. The monoisotopic (exact) mass is 181 g/mol. The van der Waals surface area contributed by atoms with Crippen LogP contribution in [0.5, 0.6) is 0 Å². The molecule has 2 saturated carbocycles. The maximum Gasteiger partial charge on any atom is 0.233 e. The van der Waals surface area contributed by atoms with Crippen LogP contribution >= 0.6 is 0 Å². The molecular weight excluding hydrogens is 166 g/mol. The number of fused-ring (bicyclic) bond motifs is 1. The number of hydrogen-bond donors (Lipinski definition) is 0. The second-order valence-corrected chi connectivity index (χ2v) is 4.29. The molecule has 72 valence electrons. The van der Waals surface area contributed by atoms with E-state index >= 15 is 0 Å². The van der Waals surface area contributed by atoms with Crippen molar-refractivity contribution in [1.82, 2.24) is 0 Å². The van der Waals surface area contributed by atoms with Gasteiger partial charge in [-0.1, -0.05) is 12.8 Å². The van der Waals surface area contributed by atoms with E-state index in [9.17, 15) is 10.1 Å². The second kappa shape index (κ2) is 3.48. The predicted molar refractivity (Wildman–Crippen MR) is 49.8 cm³/mol. The van der Waals surface area contributed by atoms with E-state index in [0.29, 0.717) is 0 Å². The van der Waals surface area contributed by atoms with Gasteiger partial charge < -0.3 is 0 Å². The van der Waals surface area contributed by atoms with Gasteiger partial charge >= 0.3 is 0 Å². The molecule has 0 N–H and O–H groups in total. The van der Waals surface area contributed by atoms with Crippen LogP contribution in [-0.4, -0.2) is 4.92 Å². The molecular formula is C10H15NO2. The Hall–Kier alpha value is -0.860. The number of hydrogen-bond acceptors (Lipinski definition) is 2. The molecule has 2 fully saturated rings. The Morgan fingerprint density at radius 1 is 1.23 bits per heavy atom. The first kappa shape index (κ1) is 8.73. The van der Waals surface area contributed by atoms with Gasteiger partial charge in [0.15, 0.2) is 0 Å². The van der Waals surface area contributed by atoms with Crippen molar-refractivity contribution in [2.24, 2.45) is 11.8 Å². The van der Waals surface area contributed by atoms with Gasteiger partial charge in [0.1, 0.15) is 0 Å². The van der Waals surface area contributed by atoms with Gasteiger partial charge in [-0.15, -0.1) is 0 Å². The topological polar surface area (TPSA) is 43.1 Å². The fourth-order valence-electron chi connectivity index (χ4n) is 2.83. The summed E-state index contributed by atoms with van der Waals surface area (Å²) in [5.41, 5.74) is 1.07. The van der Waals surface area contributed by atoms with Gasteiger partial charge in [0.2, 0.25) is 6.20 Å². The number of nitro groups is 1. The molecule has 0 heterocycles. The van der Waals surface area contributed by atoms with Crippen LogP contribution < -0.4 is 0 Å². The maximum absolute atomic E-state index is 10.3. The molecule has 2 aliphatic carbocycles. The quantitative estimate of drug-likeness (QED) is 0.461. The van der Waals surface area contributed by atoms with Crippen LogP contribution in [0.4, 0.5) is 0 Å². The van der Waals surface area contributed by atoms with E-state index in [2.05, 4.69) is 0 Å². The lowest BCUT2D eigenvalue weighted by atomic mass is 9.82. The van der Waals surface area contributed by atoms with E-state index in [1.54, 1.807) is 0 Å². The van der Waals surface area contributed by atoms with Crippen LogP contribution in [0.25, 0.3) is 0 Å². The predicted octanol–water partition coefficient (Wildman–Crippen LogP) is 2.75. The minimum Gasteiger partial charge on any atom is -0.259 e. The van der Waals surface area contributed by atoms with Crippen LogP contribution in [0, 0.1) is 22.0 Å². The Kier molecular flexibility index (Phi) is 2.34. The molecule has 0 bridgehead atoms. The summed E-state index contributed by atoms with van der Waals surface area (Å²) in [5.74, 6) is 1.53. The molecule has 0 aromatic heterocycles. The molecule has 0 unspecified atom stereocenters. The summed E-state index contributed by atoms with van der Waals surface area (Å²) in [6, 6.07) is 0. The molecule has 0 saturated heterocycles. The van der Waals surface area contributed by atoms with Gasteiger partial charge in [0, 0.05) is 5.57 Å². The lowest BCUT2D eigenvalue weighted by Gasteiger charge is -2.23. The van der Waals surface area contributed by atoms with Crippen LogP contribution in [0.15, 0.2) is 11.8 Å². The average molecular weight is 181 g/mol. The molecule has 0 aromatic carbocycles. The highest BCUT2D eigenvalue weighted by atomic mass is 16.6. The van der Waals surface area contributed by atoms with Crippen molar-refractivity contribution in [1.29, 1.82) is 0 Å². The Morgan fingerprint density at radius 2 is 1.77 bits per heavy atom. The van der Waals surface area contributed by atoms with Crippen LogP contribution in [0.2, 0.25) is 0 Å².